The molecule has 0 spiro atoms. The number of nitrogens with zero attached hydrogens (tertiary/aromatic N) is 3. The lowest BCUT2D eigenvalue weighted by molar-refractivity contribution is -0.116. The summed E-state index contributed by atoms with van der Waals surface area (Å²) in [6.07, 6.45) is 0.335. The van der Waals surface area contributed by atoms with E-state index in [9.17, 15) is 4.79 Å². The number of rotatable bonds is 5. The Morgan fingerprint density at radius 3 is 2.75 bits per heavy atom. The van der Waals surface area contributed by atoms with Gasteiger partial charge in [0.2, 0.25) is 5.91 Å². The number of aryl methyl sites for hydroxylation is 3. The first-order valence-corrected chi connectivity index (χ1v) is 9.59. The fourth-order valence-corrected chi connectivity index (χ4v) is 4.47. The van der Waals surface area contributed by atoms with E-state index in [1.807, 2.05) is 30.0 Å². The zero-order valence-corrected chi connectivity index (χ0v) is 16.1. The van der Waals surface area contributed by atoms with E-state index in [2.05, 4.69) is 15.4 Å². The van der Waals surface area contributed by atoms with Crippen molar-refractivity contribution in [3.05, 3.63) is 37.6 Å². The molecular formula is C15H14Cl2N4OS2. The molecule has 3 heterocycles. The SMILES string of the molecule is Cc1cc(C)n(CCC(=O)Nc2nc(-c3cc(Cl)sc3Cl)cs2)n1. The molecule has 9 heteroatoms. The van der Waals surface area contributed by atoms with Gasteiger partial charge in [-0.25, -0.2) is 4.98 Å². The van der Waals surface area contributed by atoms with Gasteiger partial charge in [0.25, 0.3) is 0 Å². The summed E-state index contributed by atoms with van der Waals surface area (Å²) in [6, 6.07) is 3.76. The summed E-state index contributed by atoms with van der Waals surface area (Å²) in [7, 11) is 0. The monoisotopic (exact) mass is 400 g/mol. The average molecular weight is 401 g/mol. The highest BCUT2D eigenvalue weighted by atomic mass is 35.5. The van der Waals surface area contributed by atoms with E-state index in [1.165, 1.54) is 22.7 Å². The molecule has 0 aromatic carbocycles. The number of anilines is 1. The molecule has 126 valence electrons. The Morgan fingerprint density at radius 1 is 1.33 bits per heavy atom. The lowest BCUT2D eigenvalue weighted by Gasteiger charge is -2.04. The van der Waals surface area contributed by atoms with Gasteiger partial charge in [0.05, 0.1) is 15.7 Å². The maximum Gasteiger partial charge on any atom is 0.228 e. The van der Waals surface area contributed by atoms with Crippen molar-refractivity contribution in [1.29, 1.82) is 0 Å². The Bertz CT molecular complexity index is 884. The third kappa shape index (κ3) is 3.97. The molecule has 0 aliphatic carbocycles. The fraction of sp³-hybridized carbons (Fsp3) is 0.267. The molecule has 0 saturated heterocycles. The second-order valence-corrected chi connectivity index (χ2v) is 8.37. The number of hydrogen-bond acceptors (Lipinski definition) is 5. The van der Waals surface area contributed by atoms with Crippen LogP contribution in [0.5, 0.6) is 0 Å². The molecular weight excluding hydrogens is 387 g/mol. The molecule has 0 bridgehead atoms. The molecule has 0 atom stereocenters. The van der Waals surface area contributed by atoms with Crippen molar-refractivity contribution in [2.24, 2.45) is 0 Å². The van der Waals surface area contributed by atoms with E-state index in [0.29, 0.717) is 32.5 Å². The van der Waals surface area contributed by atoms with Gasteiger partial charge in [-0.05, 0) is 26.0 Å². The Hall–Kier alpha value is -1.41. The van der Waals surface area contributed by atoms with Crippen molar-refractivity contribution in [2.75, 3.05) is 5.32 Å². The third-order valence-electron chi connectivity index (χ3n) is 3.34. The lowest BCUT2D eigenvalue weighted by Crippen LogP contribution is -2.15. The molecule has 3 aromatic rings. The van der Waals surface area contributed by atoms with Crippen LogP contribution < -0.4 is 5.32 Å². The predicted octanol–water partition coefficient (Wildman–Crippen LogP) is 5.02. The summed E-state index contributed by atoms with van der Waals surface area (Å²) in [4.78, 5) is 16.5. The van der Waals surface area contributed by atoms with Gasteiger partial charge in [0.15, 0.2) is 5.13 Å². The van der Waals surface area contributed by atoms with Crippen LogP contribution in [0.3, 0.4) is 0 Å². The highest BCUT2D eigenvalue weighted by Crippen LogP contribution is 2.38. The smallest absolute Gasteiger partial charge is 0.228 e. The second kappa shape index (κ2) is 7.23. The number of thiophene rings is 1. The Morgan fingerprint density at radius 2 is 2.12 bits per heavy atom. The summed E-state index contributed by atoms with van der Waals surface area (Å²) in [6.45, 7) is 4.44. The summed E-state index contributed by atoms with van der Waals surface area (Å²) >= 11 is 14.7. The standard InChI is InChI=1S/C15H14Cl2N4OS2/c1-8-5-9(2)21(20-8)4-3-13(22)19-15-18-11(7-23-15)10-6-12(16)24-14(10)17/h5-7H,3-4H2,1-2H3,(H,18,19,22). The average Bonchev–Trinajstić information content (AvgIpc) is 3.17. The van der Waals surface area contributed by atoms with E-state index < -0.39 is 0 Å². The molecule has 0 fully saturated rings. The van der Waals surface area contributed by atoms with Crippen molar-refractivity contribution >= 4 is 56.9 Å². The molecule has 0 aliphatic heterocycles. The van der Waals surface area contributed by atoms with Crippen LogP contribution in [0.4, 0.5) is 5.13 Å². The number of nitrogens with one attached hydrogen (secondary N) is 1. The van der Waals surface area contributed by atoms with Gasteiger partial charge in [-0.3, -0.25) is 9.48 Å². The van der Waals surface area contributed by atoms with Crippen molar-refractivity contribution < 1.29 is 4.79 Å². The summed E-state index contributed by atoms with van der Waals surface area (Å²) < 4.78 is 3.03. The van der Waals surface area contributed by atoms with E-state index in [4.69, 9.17) is 23.2 Å². The summed E-state index contributed by atoms with van der Waals surface area (Å²) in [5, 5.41) is 9.54. The predicted molar refractivity (Wildman–Crippen MR) is 100 cm³/mol. The third-order valence-corrected chi connectivity index (χ3v) is 5.58. The van der Waals surface area contributed by atoms with Gasteiger partial charge in [0.1, 0.15) is 4.34 Å². The minimum absolute atomic E-state index is 0.0992. The van der Waals surface area contributed by atoms with Crippen LogP contribution in [0.2, 0.25) is 8.67 Å². The maximum atomic E-state index is 12.1. The van der Waals surface area contributed by atoms with Crippen LogP contribution in [0.25, 0.3) is 11.3 Å². The van der Waals surface area contributed by atoms with Gasteiger partial charge in [-0.15, -0.1) is 22.7 Å². The van der Waals surface area contributed by atoms with Gasteiger partial charge < -0.3 is 5.32 Å². The maximum absolute atomic E-state index is 12.1. The Labute approximate surface area is 157 Å². The van der Waals surface area contributed by atoms with Crippen LogP contribution in [0.15, 0.2) is 17.5 Å². The van der Waals surface area contributed by atoms with E-state index >= 15 is 0 Å². The number of amides is 1. The van der Waals surface area contributed by atoms with Gasteiger partial charge in [-0.2, -0.15) is 5.10 Å². The summed E-state index contributed by atoms with van der Waals surface area (Å²) in [5.74, 6) is -0.0992. The van der Waals surface area contributed by atoms with E-state index in [0.717, 1.165) is 17.0 Å². The van der Waals surface area contributed by atoms with Crippen LogP contribution in [0, 0.1) is 13.8 Å². The second-order valence-electron chi connectivity index (χ2n) is 5.22. The van der Waals surface area contributed by atoms with Crippen LogP contribution in [-0.4, -0.2) is 20.7 Å². The quantitative estimate of drug-likeness (QED) is 0.653. The number of hydrogen-bond donors (Lipinski definition) is 1. The molecule has 1 amide bonds. The molecule has 5 nitrogen and oxygen atoms in total. The minimum atomic E-state index is -0.0992. The van der Waals surface area contributed by atoms with Crippen molar-refractivity contribution in [2.45, 2.75) is 26.8 Å². The Balaban J connectivity index is 1.61. The fourth-order valence-electron chi connectivity index (χ4n) is 2.26. The molecule has 0 radical (unpaired) electrons. The minimum Gasteiger partial charge on any atom is -0.302 e. The van der Waals surface area contributed by atoms with Gasteiger partial charge in [-0.1, -0.05) is 23.2 Å². The van der Waals surface area contributed by atoms with E-state index in [-0.39, 0.29) is 5.91 Å². The molecule has 0 saturated carbocycles. The van der Waals surface area contributed by atoms with Crippen LogP contribution in [-0.2, 0) is 11.3 Å². The zero-order chi connectivity index (χ0) is 17.3. The van der Waals surface area contributed by atoms with Crippen molar-refractivity contribution in [1.82, 2.24) is 14.8 Å². The molecule has 0 unspecified atom stereocenters. The molecule has 24 heavy (non-hydrogen) atoms. The van der Waals surface area contributed by atoms with Crippen molar-refractivity contribution in [3.63, 3.8) is 0 Å². The van der Waals surface area contributed by atoms with Crippen LogP contribution >= 0.6 is 45.9 Å². The van der Waals surface area contributed by atoms with Gasteiger partial charge >= 0.3 is 0 Å². The number of aromatic nitrogens is 3. The molecule has 3 rings (SSSR count). The number of carbonyl (C=O) groups excluding carboxylic acids is 1. The summed E-state index contributed by atoms with van der Waals surface area (Å²) in [5.41, 5.74) is 3.48. The lowest BCUT2D eigenvalue weighted by atomic mass is 10.3. The normalized spacial score (nSPS) is 11.0. The van der Waals surface area contributed by atoms with Crippen LogP contribution in [0.1, 0.15) is 17.8 Å². The first-order chi connectivity index (χ1) is 11.4. The molecule has 1 N–H and O–H groups in total. The first kappa shape index (κ1) is 17.4. The highest BCUT2D eigenvalue weighted by Gasteiger charge is 2.13. The Kier molecular flexibility index (Phi) is 5.24. The number of carbonyl (C=O) groups is 1. The number of halogens is 2. The van der Waals surface area contributed by atoms with Crippen molar-refractivity contribution in [3.8, 4) is 11.3 Å². The zero-order valence-electron chi connectivity index (χ0n) is 13.0. The molecule has 3 aromatic heterocycles. The topological polar surface area (TPSA) is 59.8 Å². The van der Waals surface area contributed by atoms with Gasteiger partial charge in [0, 0.05) is 29.6 Å². The number of thiazole rings is 1. The van der Waals surface area contributed by atoms with E-state index in [1.54, 1.807) is 6.07 Å². The molecule has 0 aliphatic rings. The first-order valence-electron chi connectivity index (χ1n) is 7.14. The largest absolute Gasteiger partial charge is 0.302 e. The highest BCUT2D eigenvalue weighted by molar-refractivity contribution is 7.20.